The molecule has 0 saturated carbocycles. The third-order valence-electron chi connectivity index (χ3n) is 3.67. The number of hydrogen-bond donors (Lipinski definition) is 1. The van der Waals surface area contributed by atoms with Crippen LogP contribution in [-0.2, 0) is 4.79 Å². The first-order valence-electron chi connectivity index (χ1n) is 7.28. The Labute approximate surface area is 125 Å². The minimum Gasteiger partial charge on any atom is -0.346 e. The Morgan fingerprint density at radius 1 is 1.45 bits per heavy atom. The van der Waals surface area contributed by atoms with Crippen molar-refractivity contribution in [1.29, 1.82) is 0 Å². The zero-order valence-electron chi connectivity index (χ0n) is 12.3. The summed E-state index contributed by atoms with van der Waals surface area (Å²) in [6, 6.07) is 0.0529. The van der Waals surface area contributed by atoms with E-state index in [2.05, 4.69) is 34.1 Å². The van der Waals surface area contributed by atoms with Crippen LogP contribution >= 0.6 is 11.3 Å². The van der Waals surface area contributed by atoms with Crippen molar-refractivity contribution in [3.05, 3.63) is 16.6 Å². The molecule has 2 heterocycles. The number of rotatable bonds is 5. The van der Waals surface area contributed by atoms with Crippen LogP contribution in [0.1, 0.15) is 30.8 Å². The van der Waals surface area contributed by atoms with Gasteiger partial charge in [0.25, 0.3) is 0 Å². The molecule has 20 heavy (non-hydrogen) atoms. The molecule has 0 radical (unpaired) electrons. The lowest BCUT2D eigenvalue weighted by Crippen LogP contribution is -2.40. The lowest BCUT2D eigenvalue weighted by atomic mass is 10.2. The van der Waals surface area contributed by atoms with Gasteiger partial charge in [0, 0.05) is 24.7 Å². The second-order valence-corrected chi connectivity index (χ2v) is 6.26. The van der Waals surface area contributed by atoms with Crippen molar-refractivity contribution >= 4 is 17.2 Å². The average molecular weight is 296 g/mol. The van der Waals surface area contributed by atoms with Gasteiger partial charge in [-0.05, 0) is 33.0 Å². The molecule has 1 atom stereocenters. The van der Waals surface area contributed by atoms with Gasteiger partial charge in [-0.1, -0.05) is 6.92 Å². The molecule has 1 saturated heterocycles. The van der Waals surface area contributed by atoms with Gasteiger partial charge >= 0.3 is 0 Å². The Balaban J connectivity index is 1.82. The molecule has 1 aliphatic heterocycles. The van der Waals surface area contributed by atoms with Gasteiger partial charge in [-0.3, -0.25) is 9.69 Å². The van der Waals surface area contributed by atoms with E-state index in [4.69, 9.17) is 0 Å². The molecule has 1 aliphatic rings. The minimum absolute atomic E-state index is 0.0529. The highest BCUT2D eigenvalue weighted by Crippen LogP contribution is 2.18. The molecule has 5 nitrogen and oxygen atoms in total. The van der Waals surface area contributed by atoms with E-state index in [0.717, 1.165) is 44.0 Å². The van der Waals surface area contributed by atoms with Crippen molar-refractivity contribution in [3.8, 4) is 0 Å². The topological polar surface area (TPSA) is 48.5 Å². The van der Waals surface area contributed by atoms with E-state index >= 15 is 0 Å². The molecule has 1 N–H and O–H groups in total. The lowest BCUT2D eigenvalue weighted by Gasteiger charge is -2.21. The van der Waals surface area contributed by atoms with Crippen LogP contribution in [0.5, 0.6) is 0 Å². The van der Waals surface area contributed by atoms with Crippen LogP contribution in [0.15, 0.2) is 11.6 Å². The molecule has 6 heteroatoms. The number of nitrogens with one attached hydrogen (secondary N) is 1. The van der Waals surface area contributed by atoms with Crippen LogP contribution in [0.25, 0.3) is 0 Å². The average Bonchev–Trinajstić information content (AvgIpc) is 2.88. The number of likely N-dealkylation sites (N-methyl/N-ethyl adjacent to an activating group) is 1. The molecule has 0 aromatic carbocycles. The molecule has 1 fully saturated rings. The maximum atomic E-state index is 12.2. The van der Waals surface area contributed by atoms with E-state index < -0.39 is 0 Å². The fourth-order valence-corrected chi connectivity index (χ4v) is 3.22. The molecule has 1 amide bonds. The van der Waals surface area contributed by atoms with Crippen molar-refractivity contribution in [3.63, 3.8) is 0 Å². The number of thiazole rings is 1. The number of aromatic nitrogens is 1. The largest absolute Gasteiger partial charge is 0.346 e. The van der Waals surface area contributed by atoms with Crippen molar-refractivity contribution < 1.29 is 4.79 Å². The van der Waals surface area contributed by atoms with E-state index in [9.17, 15) is 4.79 Å². The molecule has 0 bridgehead atoms. The fraction of sp³-hybridized carbons (Fsp3) is 0.714. The summed E-state index contributed by atoms with van der Waals surface area (Å²) in [6.45, 7) is 6.71. The third-order valence-corrected chi connectivity index (χ3v) is 4.56. The normalized spacial score (nSPS) is 19.5. The number of carbonyl (C=O) groups excluding carboxylic acids is 1. The first kappa shape index (κ1) is 15.4. The highest BCUT2D eigenvalue weighted by atomic mass is 32.1. The number of carbonyl (C=O) groups is 1. The predicted octanol–water partition coefficient (Wildman–Crippen LogP) is 1.35. The van der Waals surface area contributed by atoms with Gasteiger partial charge in [-0.25, -0.2) is 4.98 Å². The van der Waals surface area contributed by atoms with E-state index in [1.54, 1.807) is 17.5 Å². The van der Waals surface area contributed by atoms with Gasteiger partial charge in [0.2, 0.25) is 5.91 Å². The summed E-state index contributed by atoms with van der Waals surface area (Å²) < 4.78 is 0. The Morgan fingerprint density at radius 2 is 2.30 bits per heavy atom. The van der Waals surface area contributed by atoms with Crippen LogP contribution in [0.3, 0.4) is 0 Å². The third kappa shape index (κ3) is 4.54. The van der Waals surface area contributed by atoms with Crippen molar-refractivity contribution in [2.45, 2.75) is 25.8 Å². The van der Waals surface area contributed by atoms with Gasteiger partial charge in [-0.2, -0.15) is 0 Å². The van der Waals surface area contributed by atoms with Gasteiger partial charge in [0.1, 0.15) is 5.01 Å². The molecule has 1 aromatic rings. The summed E-state index contributed by atoms with van der Waals surface area (Å²) in [6.07, 6.45) is 3.80. The van der Waals surface area contributed by atoms with Gasteiger partial charge in [0.15, 0.2) is 0 Å². The highest BCUT2D eigenvalue weighted by Gasteiger charge is 2.18. The van der Waals surface area contributed by atoms with Crippen LogP contribution in [0.4, 0.5) is 0 Å². The van der Waals surface area contributed by atoms with E-state index in [0.29, 0.717) is 6.54 Å². The zero-order chi connectivity index (χ0) is 14.4. The first-order valence-corrected chi connectivity index (χ1v) is 8.16. The first-order chi connectivity index (χ1) is 9.69. The second kappa shape index (κ2) is 7.71. The van der Waals surface area contributed by atoms with Crippen LogP contribution < -0.4 is 5.32 Å². The maximum absolute atomic E-state index is 12.2. The number of hydrogen-bond acceptors (Lipinski definition) is 5. The van der Waals surface area contributed by atoms with Gasteiger partial charge in [-0.15, -0.1) is 11.3 Å². The molecule has 1 aromatic heterocycles. The van der Waals surface area contributed by atoms with E-state index in [-0.39, 0.29) is 11.9 Å². The Hall–Kier alpha value is -0.980. The van der Waals surface area contributed by atoms with Crippen molar-refractivity contribution in [2.24, 2.45) is 0 Å². The van der Waals surface area contributed by atoms with Crippen LogP contribution in [-0.4, -0.2) is 60.5 Å². The summed E-state index contributed by atoms with van der Waals surface area (Å²) in [5.74, 6) is 0.108. The molecule has 2 rings (SSSR count). The van der Waals surface area contributed by atoms with Gasteiger partial charge in [0.05, 0.1) is 12.6 Å². The second-order valence-electron chi connectivity index (χ2n) is 5.33. The Kier molecular flexibility index (Phi) is 5.94. The summed E-state index contributed by atoms with van der Waals surface area (Å²) in [5, 5.41) is 6.05. The van der Waals surface area contributed by atoms with E-state index in [1.807, 2.05) is 5.38 Å². The SMILES string of the molecule is CC[C@@H](NC(=O)CN1CCCN(C)CC1)c1nccs1. The minimum atomic E-state index is 0.0529. The molecular weight excluding hydrogens is 272 g/mol. The predicted molar refractivity (Wildman–Crippen MR) is 81.8 cm³/mol. The number of amides is 1. The summed E-state index contributed by atoms with van der Waals surface area (Å²) in [7, 11) is 2.14. The Morgan fingerprint density at radius 3 is 3.00 bits per heavy atom. The molecular formula is C14H24N4OS. The van der Waals surface area contributed by atoms with Crippen molar-refractivity contribution in [1.82, 2.24) is 20.1 Å². The van der Waals surface area contributed by atoms with Gasteiger partial charge < -0.3 is 10.2 Å². The van der Waals surface area contributed by atoms with E-state index in [1.165, 1.54) is 0 Å². The molecule has 112 valence electrons. The Bertz CT molecular complexity index is 409. The zero-order valence-corrected chi connectivity index (χ0v) is 13.2. The monoisotopic (exact) mass is 296 g/mol. The highest BCUT2D eigenvalue weighted by molar-refractivity contribution is 7.09. The summed E-state index contributed by atoms with van der Waals surface area (Å²) >= 11 is 1.60. The number of nitrogens with zero attached hydrogens (tertiary/aromatic N) is 3. The lowest BCUT2D eigenvalue weighted by molar-refractivity contribution is -0.123. The fourth-order valence-electron chi connectivity index (χ4n) is 2.45. The van der Waals surface area contributed by atoms with Crippen LogP contribution in [0, 0.1) is 0 Å². The molecule has 0 spiro atoms. The van der Waals surface area contributed by atoms with Crippen LogP contribution in [0.2, 0.25) is 0 Å². The molecule has 0 aliphatic carbocycles. The summed E-state index contributed by atoms with van der Waals surface area (Å²) in [4.78, 5) is 21.0. The van der Waals surface area contributed by atoms with Crippen molar-refractivity contribution in [2.75, 3.05) is 39.8 Å². The standard InChI is InChI=1S/C14H24N4OS/c1-3-12(14-15-5-10-20-14)16-13(19)11-18-7-4-6-17(2)8-9-18/h5,10,12H,3-4,6-9,11H2,1-2H3,(H,16,19)/t12-/m1/s1. The molecule has 0 unspecified atom stereocenters. The quantitative estimate of drug-likeness (QED) is 0.891. The smallest absolute Gasteiger partial charge is 0.234 e. The maximum Gasteiger partial charge on any atom is 0.234 e. The summed E-state index contributed by atoms with van der Waals surface area (Å²) in [5.41, 5.74) is 0.